The largest absolute Gasteiger partial charge is 0.276 e. The molecule has 1 aromatic heterocycles. The molecule has 0 fully saturated rings. The Hall–Kier alpha value is -1.67. The molecule has 0 amide bonds. The number of nitriles is 1. The fraction of sp³-hybridized carbons (Fsp3) is 0.545. The second kappa shape index (κ2) is 5.42. The summed E-state index contributed by atoms with van der Waals surface area (Å²) in [6.45, 7) is 4.01. The van der Waals surface area contributed by atoms with E-state index in [9.17, 15) is 5.26 Å². The molecule has 0 saturated carbocycles. The highest BCUT2D eigenvalue weighted by molar-refractivity contribution is 5.56. The first-order chi connectivity index (χ1) is 7.69. The predicted molar refractivity (Wildman–Crippen MR) is 60.9 cm³/mol. The van der Waals surface area contributed by atoms with Gasteiger partial charge in [0.15, 0.2) is 5.82 Å². The van der Waals surface area contributed by atoms with Crippen molar-refractivity contribution in [3.05, 3.63) is 16.8 Å². The Morgan fingerprint density at radius 3 is 2.44 bits per heavy atom. The SMILES string of the molecule is CCc1nnc(N(C)OC)c(C#N)c1CC. The van der Waals surface area contributed by atoms with E-state index >= 15 is 0 Å². The van der Waals surface area contributed by atoms with Gasteiger partial charge in [-0.05, 0) is 18.4 Å². The van der Waals surface area contributed by atoms with Crippen LogP contribution in [0.25, 0.3) is 0 Å². The van der Waals surface area contributed by atoms with Gasteiger partial charge in [0.05, 0.1) is 12.8 Å². The standard InChI is InChI=1S/C11H16N4O/c1-5-8-9(7-12)11(15(3)16-4)14-13-10(8)6-2/h5-6H2,1-4H3. The van der Waals surface area contributed by atoms with Crippen molar-refractivity contribution in [3.8, 4) is 6.07 Å². The zero-order valence-electron chi connectivity index (χ0n) is 10.1. The van der Waals surface area contributed by atoms with E-state index in [1.54, 1.807) is 7.05 Å². The molecule has 16 heavy (non-hydrogen) atoms. The van der Waals surface area contributed by atoms with E-state index in [1.807, 2.05) is 13.8 Å². The molecule has 0 aromatic carbocycles. The van der Waals surface area contributed by atoms with Crippen LogP contribution in [0.5, 0.6) is 0 Å². The molecule has 5 nitrogen and oxygen atoms in total. The molecule has 0 aliphatic rings. The Kier molecular flexibility index (Phi) is 4.20. The summed E-state index contributed by atoms with van der Waals surface area (Å²) >= 11 is 0. The van der Waals surface area contributed by atoms with Crippen molar-refractivity contribution in [2.24, 2.45) is 0 Å². The molecule has 0 saturated heterocycles. The van der Waals surface area contributed by atoms with Crippen molar-refractivity contribution in [2.75, 3.05) is 19.2 Å². The summed E-state index contributed by atoms with van der Waals surface area (Å²) in [6, 6.07) is 2.18. The highest BCUT2D eigenvalue weighted by Gasteiger charge is 2.16. The molecule has 0 spiro atoms. The molecule has 0 aliphatic carbocycles. The zero-order chi connectivity index (χ0) is 12.1. The summed E-state index contributed by atoms with van der Waals surface area (Å²) in [5, 5.41) is 18.8. The minimum Gasteiger partial charge on any atom is -0.276 e. The summed E-state index contributed by atoms with van der Waals surface area (Å²) < 4.78 is 0. The van der Waals surface area contributed by atoms with E-state index in [0.29, 0.717) is 11.4 Å². The number of rotatable bonds is 4. The molecule has 0 unspecified atom stereocenters. The molecule has 86 valence electrons. The monoisotopic (exact) mass is 220 g/mol. The molecule has 0 atom stereocenters. The summed E-state index contributed by atoms with van der Waals surface area (Å²) in [4.78, 5) is 5.03. The van der Waals surface area contributed by atoms with E-state index in [0.717, 1.165) is 24.1 Å². The van der Waals surface area contributed by atoms with Gasteiger partial charge in [-0.3, -0.25) is 4.84 Å². The lowest BCUT2D eigenvalue weighted by Gasteiger charge is -2.17. The highest BCUT2D eigenvalue weighted by Crippen LogP contribution is 2.22. The van der Waals surface area contributed by atoms with Crippen molar-refractivity contribution in [3.63, 3.8) is 0 Å². The van der Waals surface area contributed by atoms with E-state index in [-0.39, 0.29) is 0 Å². The number of hydrogen-bond donors (Lipinski definition) is 0. The Morgan fingerprint density at radius 2 is 2.00 bits per heavy atom. The normalized spacial score (nSPS) is 9.94. The van der Waals surface area contributed by atoms with Crippen LogP contribution in [0.2, 0.25) is 0 Å². The molecule has 1 rings (SSSR count). The summed E-state index contributed by atoms with van der Waals surface area (Å²) in [6.07, 6.45) is 1.55. The van der Waals surface area contributed by atoms with Crippen LogP contribution in [0.3, 0.4) is 0 Å². The number of aromatic nitrogens is 2. The number of nitrogens with zero attached hydrogens (tertiary/aromatic N) is 4. The summed E-state index contributed by atoms with van der Waals surface area (Å²) in [5.41, 5.74) is 2.39. The number of hydroxylamine groups is 1. The van der Waals surface area contributed by atoms with Gasteiger partial charge in [-0.25, -0.2) is 5.06 Å². The molecule has 1 aromatic rings. The van der Waals surface area contributed by atoms with Crippen LogP contribution in [0, 0.1) is 11.3 Å². The van der Waals surface area contributed by atoms with Crippen molar-refractivity contribution >= 4 is 5.82 Å². The van der Waals surface area contributed by atoms with Crippen LogP contribution in [-0.2, 0) is 17.7 Å². The van der Waals surface area contributed by atoms with Gasteiger partial charge in [0.1, 0.15) is 11.6 Å². The Labute approximate surface area is 95.6 Å². The first-order valence-electron chi connectivity index (χ1n) is 5.25. The lowest BCUT2D eigenvalue weighted by atomic mass is 10.0. The van der Waals surface area contributed by atoms with E-state index in [1.165, 1.54) is 12.2 Å². The Bertz CT molecular complexity index is 411. The second-order valence-corrected chi connectivity index (χ2v) is 3.32. The van der Waals surface area contributed by atoms with Crippen LogP contribution in [0.1, 0.15) is 30.7 Å². The van der Waals surface area contributed by atoms with E-state index in [2.05, 4.69) is 16.3 Å². The van der Waals surface area contributed by atoms with Gasteiger partial charge < -0.3 is 0 Å². The maximum Gasteiger partial charge on any atom is 0.192 e. The topological polar surface area (TPSA) is 62.0 Å². The lowest BCUT2D eigenvalue weighted by Crippen LogP contribution is -2.20. The zero-order valence-corrected chi connectivity index (χ0v) is 10.1. The summed E-state index contributed by atoms with van der Waals surface area (Å²) in [5.74, 6) is 0.471. The molecule has 0 radical (unpaired) electrons. The van der Waals surface area contributed by atoms with Crippen molar-refractivity contribution in [1.82, 2.24) is 10.2 Å². The van der Waals surface area contributed by atoms with Crippen LogP contribution < -0.4 is 5.06 Å². The maximum atomic E-state index is 9.19. The molecule has 0 N–H and O–H groups in total. The van der Waals surface area contributed by atoms with Crippen molar-refractivity contribution < 1.29 is 4.84 Å². The Balaban J connectivity index is 3.38. The first-order valence-corrected chi connectivity index (χ1v) is 5.25. The van der Waals surface area contributed by atoms with Gasteiger partial charge in [0.25, 0.3) is 0 Å². The smallest absolute Gasteiger partial charge is 0.192 e. The van der Waals surface area contributed by atoms with Gasteiger partial charge in [-0.15, -0.1) is 5.10 Å². The fourth-order valence-electron chi connectivity index (χ4n) is 1.59. The van der Waals surface area contributed by atoms with Crippen molar-refractivity contribution in [1.29, 1.82) is 5.26 Å². The van der Waals surface area contributed by atoms with Crippen LogP contribution in [0.4, 0.5) is 5.82 Å². The lowest BCUT2D eigenvalue weighted by molar-refractivity contribution is 0.181. The van der Waals surface area contributed by atoms with Crippen molar-refractivity contribution in [2.45, 2.75) is 26.7 Å². The third kappa shape index (κ3) is 2.12. The third-order valence-electron chi connectivity index (χ3n) is 2.51. The van der Waals surface area contributed by atoms with E-state index < -0.39 is 0 Å². The first kappa shape index (κ1) is 12.4. The molecule has 0 aliphatic heterocycles. The molecule has 1 heterocycles. The average molecular weight is 220 g/mol. The average Bonchev–Trinajstić information content (AvgIpc) is 2.35. The van der Waals surface area contributed by atoms with E-state index in [4.69, 9.17) is 4.84 Å². The minimum atomic E-state index is 0.471. The van der Waals surface area contributed by atoms with Crippen LogP contribution >= 0.6 is 0 Å². The highest BCUT2D eigenvalue weighted by atomic mass is 16.7. The van der Waals surface area contributed by atoms with Gasteiger partial charge >= 0.3 is 0 Å². The minimum absolute atomic E-state index is 0.471. The van der Waals surface area contributed by atoms with Gasteiger partial charge in [-0.2, -0.15) is 10.4 Å². The van der Waals surface area contributed by atoms with Gasteiger partial charge in [-0.1, -0.05) is 13.8 Å². The Morgan fingerprint density at radius 1 is 1.31 bits per heavy atom. The third-order valence-corrected chi connectivity index (χ3v) is 2.51. The maximum absolute atomic E-state index is 9.19. The molecular formula is C11H16N4O. The molecular weight excluding hydrogens is 204 g/mol. The number of aryl methyl sites for hydroxylation is 1. The molecule has 0 bridgehead atoms. The number of hydrogen-bond acceptors (Lipinski definition) is 5. The molecule has 5 heteroatoms. The van der Waals surface area contributed by atoms with Gasteiger partial charge in [0.2, 0.25) is 0 Å². The van der Waals surface area contributed by atoms with Gasteiger partial charge in [0, 0.05) is 7.05 Å². The second-order valence-electron chi connectivity index (χ2n) is 3.32. The number of anilines is 1. The predicted octanol–water partition coefficient (Wildman–Crippen LogP) is 1.47. The van der Waals surface area contributed by atoms with Crippen LogP contribution in [0.15, 0.2) is 0 Å². The fourth-order valence-corrected chi connectivity index (χ4v) is 1.59. The summed E-state index contributed by atoms with van der Waals surface area (Å²) in [7, 11) is 3.23. The van der Waals surface area contributed by atoms with Crippen LogP contribution in [-0.4, -0.2) is 24.4 Å². The quantitative estimate of drug-likeness (QED) is 0.719.